The Balaban J connectivity index is 1.70. The summed E-state index contributed by atoms with van der Waals surface area (Å²) in [4.78, 5) is 0. The van der Waals surface area contributed by atoms with Crippen LogP contribution >= 0.6 is 0 Å². The van der Waals surface area contributed by atoms with Gasteiger partial charge in [-0.3, -0.25) is 0 Å². The van der Waals surface area contributed by atoms with Crippen molar-refractivity contribution in [1.29, 1.82) is 0 Å². The fourth-order valence-corrected chi connectivity index (χ4v) is 6.38. The molecule has 4 rings (SSSR count). The zero-order chi connectivity index (χ0) is 13.7. The Hall–Kier alpha value is -0.0800. The van der Waals surface area contributed by atoms with Gasteiger partial charge in [0.05, 0.1) is 0 Å². The highest BCUT2D eigenvalue weighted by molar-refractivity contribution is 5.14. The molecule has 0 aromatic heterocycles. The van der Waals surface area contributed by atoms with Crippen LogP contribution in [0.15, 0.2) is 0 Å². The monoisotopic (exact) mass is 265 g/mol. The Morgan fingerprint density at radius 3 is 2.26 bits per heavy atom. The second-order valence-corrected chi connectivity index (χ2v) is 8.85. The lowest BCUT2D eigenvalue weighted by Crippen LogP contribution is -2.64. The lowest BCUT2D eigenvalue weighted by Gasteiger charge is -2.65. The summed E-state index contributed by atoms with van der Waals surface area (Å²) in [5.41, 5.74) is 1.68. The van der Waals surface area contributed by atoms with Crippen LogP contribution in [-0.4, -0.2) is 25.8 Å². The van der Waals surface area contributed by atoms with Crippen molar-refractivity contribution in [1.82, 2.24) is 5.32 Å². The molecule has 0 aromatic rings. The van der Waals surface area contributed by atoms with E-state index >= 15 is 0 Å². The van der Waals surface area contributed by atoms with Gasteiger partial charge in [0.25, 0.3) is 0 Å². The van der Waals surface area contributed by atoms with Crippen LogP contribution in [0.5, 0.6) is 0 Å². The highest BCUT2D eigenvalue weighted by Crippen LogP contribution is 2.66. The molecule has 0 saturated heterocycles. The summed E-state index contributed by atoms with van der Waals surface area (Å²) >= 11 is 0. The molecule has 4 bridgehead atoms. The van der Waals surface area contributed by atoms with Crippen LogP contribution in [-0.2, 0) is 4.74 Å². The second kappa shape index (κ2) is 4.46. The minimum absolute atomic E-state index is 0.449. The zero-order valence-electron chi connectivity index (χ0n) is 13.2. The lowest BCUT2D eigenvalue weighted by atomic mass is 9.43. The van der Waals surface area contributed by atoms with E-state index in [-0.39, 0.29) is 0 Å². The van der Waals surface area contributed by atoms with Gasteiger partial charge in [-0.2, -0.15) is 0 Å². The Labute approximate surface area is 118 Å². The molecule has 4 saturated carbocycles. The molecule has 0 spiro atoms. The molecule has 0 aliphatic heterocycles. The van der Waals surface area contributed by atoms with Gasteiger partial charge in [-0.05, 0) is 61.2 Å². The third-order valence-electron chi connectivity index (χ3n) is 5.90. The normalized spacial score (nSPS) is 49.6. The van der Waals surface area contributed by atoms with E-state index in [1.807, 2.05) is 7.11 Å². The van der Waals surface area contributed by atoms with Crippen molar-refractivity contribution in [2.45, 2.75) is 64.8 Å². The van der Waals surface area contributed by atoms with Crippen molar-refractivity contribution >= 4 is 0 Å². The molecule has 4 fully saturated rings. The third kappa shape index (κ3) is 2.58. The van der Waals surface area contributed by atoms with Crippen LogP contribution in [0.3, 0.4) is 0 Å². The van der Waals surface area contributed by atoms with E-state index in [1.165, 1.54) is 38.5 Å². The van der Waals surface area contributed by atoms with Gasteiger partial charge in [0.2, 0.25) is 0 Å². The summed E-state index contributed by atoms with van der Waals surface area (Å²) in [5, 5.41) is 3.98. The van der Waals surface area contributed by atoms with Crippen molar-refractivity contribution in [2.75, 3.05) is 20.3 Å². The SMILES string of the molecule is COCC(C)CNC12CC3CC(C)(CC(C)(C3)C1)C2. The summed E-state index contributed by atoms with van der Waals surface area (Å²) in [6, 6.07) is 0. The quantitative estimate of drug-likeness (QED) is 0.820. The van der Waals surface area contributed by atoms with Gasteiger partial charge in [-0.25, -0.2) is 0 Å². The van der Waals surface area contributed by atoms with Gasteiger partial charge in [-0.1, -0.05) is 20.8 Å². The highest BCUT2D eigenvalue weighted by Gasteiger charge is 2.59. The molecule has 19 heavy (non-hydrogen) atoms. The molecule has 4 aliphatic rings. The Morgan fingerprint density at radius 1 is 1.11 bits per heavy atom. The summed E-state index contributed by atoms with van der Waals surface area (Å²) in [6.45, 7) is 9.38. The molecule has 1 N–H and O–H groups in total. The third-order valence-corrected chi connectivity index (χ3v) is 5.90. The van der Waals surface area contributed by atoms with E-state index in [4.69, 9.17) is 4.74 Å². The van der Waals surface area contributed by atoms with E-state index in [0.29, 0.717) is 22.3 Å². The Morgan fingerprint density at radius 2 is 1.74 bits per heavy atom. The van der Waals surface area contributed by atoms with Gasteiger partial charge in [0, 0.05) is 25.8 Å². The lowest BCUT2D eigenvalue weighted by molar-refractivity contribution is -0.118. The maximum Gasteiger partial charge on any atom is 0.0499 e. The van der Waals surface area contributed by atoms with Crippen molar-refractivity contribution in [3.63, 3.8) is 0 Å². The van der Waals surface area contributed by atoms with Crippen molar-refractivity contribution < 1.29 is 4.74 Å². The summed E-state index contributed by atoms with van der Waals surface area (Å²) < 4.78 is 5.27. The Bertz CT molecular complexity index is 335. The largest absolute Gasteiger partial charge is 0.384 e. The number of methoxy groups -OCH3 is 1. The molecular weight excluding hydrogens is 234 g/mol. The van der Waals surface area contributed by atoms with Crippen LogP contribution in [0.1, 0.15) is 59.3 Å². The topological polar surface area (TPSA) is 21.3 Å². The summed E-state index contributed by atoms with van der Waals surface area (Å²) in [6.07, 6.45) is 8.68. The van der Waals surface area contributed by atoms with Crippen molar-refractivity contribution in [2.24, 2.45) is 22.7 Å². The first kappa shape index (κ1) is 13.9. The number of hydrogen-bond acceptors (Lipinski definition) is 2. The number of rotatable bonds is 5. The van der Waals surface area contributed by atoms with Crippen molar-refractivity contribution in [3.05, 3.63) is 0 Å². The van der Waals surface area contributed by atoms with Gasteiger partial charge >= 0.3 is 0 Å². The van der Waals surface area contributed by atoms with Crippen LogP contribution in [0.25, 0.3) is 0 Å². The van der Waals surface area contributed by atoms with E-state index in [1.54, 1.807) is 0 Å². The molecule has 2 nitrogen and oxygen atoms in total. The van der Waals surface area contributed by atoms with E-state index in [9.17, 15) is 0 Å². The minimum Gasteiger partial charge on any atom is -0.384 e. The maximum atomic E-state index is 5.27. The first-order valence-corrected chi connectivity index (χ1v) is 8.10. The standard InChI is InChI=1S/C17H31NO/c1-13(9-19-4)8-18-17-7-14-5-15(2,11-17)10-16(3,6-14)12-17/h13-14,18H,5-12H2,1-4H3. The fraction of sp³-hybridized carbons (Fsp3) is 1.00. The average molecular weight is 265 g/mol. The zero-order valence-corrected chi connectivity index (χ0v) is 13.2. The van der Waals surface area contributed by atoms with E-state index in [2.05, 4.69) is 26.1 Å². The molecule has 4 aliphatic carbocycles. The minimum atomic E-state index is 0.449. The van der Waals surface area contributed by atoms with Gasteiger partial charge in [-0.15, -0.1) is 0 Å². The van der Waals surface area contributed by atoms with Crippen LogP contribution in [0.2, 0.25) is 0 Å². The first-order chi connectivity index (χ1) is 8.86. The van der Waals surface area contributed by atoms with Crippen molar-refractivity contribution in [3.8, 4) is 0 Å². The molecule has 0 radical (unpaired) electrons. The molecule has 2 heteroatoms. The average Bonchev–Trinajstić information content (AvgIpc) is 2.22. The molecule has 3 atom stereocenters. The van der Waals surface area contributed by atoms with Crippen LogP contribution in [0, 0.1) is 22.7 Å². The molecule has 0 aromatic carbocycles. The molecular formula is C17H31NO. The summed E-state index contributed by atoms with van der Waals surface area (Å²) in [5.74, 6) is 1.61. The number of ether oxygens (including phenoxy) is 1. The first-order valence-electron chi connectivity index (χ1n) is 8.10. The van der Waals surface area contributed by atoms with Gasteiger partial charge in [0.1, 0.15) is 0 Å². The Kier molecular flexibility index (Phi) is 3.26. The molecule has 3 unspecified atom stereocenters. The predicted octanol–water partition coefficient (Wildman–Crippen LogP) is 3.61. The summed E-state index contributed by atoms with van der Waals surface area (Å²) in [7, 11) is 1.81. The highest BCUT2D eigenvalue weighted by atomic mass is 16.5. The maximum absolute atomic E-state index is 5.27. The van der Waals surface area contributed by atoms with Gasteiger partial charge in [0.15, 0.2) is 0 Å². The van der Waals surface area contributed by atoms with E-state index in [0.717, 1.165) is 19.1 Å². The molecule has 0 heterocycles. The van der Waals surface area contributed by atoms with Crippen LogP contribution < -0.4 is 5.32 Å². The predicted molar refractivity (Wildman–Crippen MR) is 79.2 cm³/mol. The number of nitrogens with one attached hydrogen (secondary N) is 1. The molecule has 0 amide bonds. The fourth-order valence-electron chi connectivity index (χ4n) is 6.38. The second-order valence-electron chi connectivity index (χ2n) is 8.85. The smallest absolute Gasteiger partial charge is 0.0499 e. The molecule has 110 valence electrons. The van der Waals surface area contributed by atoms with Crippen LogP contribution in [0.4, 0.5) is 0 Å². The number of hydrogen-bond donors (Lipinski definition) is 1. The van der Waals surface area contributed by atoms with Gasteiger partial charge < -0.3 is 10.1 Å². The van der Waals surface area contributed by atoms with E-state index < -0.39 is 0 Å².